The molecule has 8 heteroatoms. The van der Waals surface area contributed by atoms with Gasteiger partial charge < -0.3 is 10.1 Å². The first-order valence-electron chi connectivity index (χ1n) is 8.06. The molecule has 134 valence electrons. The Morgan fingerprint density at radius 3 is 2.26 bits per heavy atom. The predicted octanol–water partition coefficient (Wildman–Crippen LogP) is 0.896. The minimum atomic E-state index is -3.20. The highest BCUT2D eigenvalue weighted by atomic mass is 32.2. The number of hydrogen-bond donors (Lipinski definition) is 1. The normalized spacial score (nSPS) is 17.7. The number of amides is 1. The fourth-order valence-corrected chi connectivity index (χ4v) is 3.44. The number of piperidine rings is 1. The number of esters is 1. The molecule has 0 aromatic heterocycles. The van der Waals surface area contributed by atoms with Crippen LogP contribution >= 0.6 is 0 Å². The van der Waals surface area contributed by atoms with E-state index < -0.39 is 16.0 Å². The van der Waals surface area contributed by atoms with Crippen molar-refractivity contribution in [2.24, 2.45) is 5.92 Å². The first-order chi connectivity index (χ1) is 10.6. The van der Waals surface area contributed by atoms with Gasteiger partial charge in [-0.2, -0.15) is 0 Å². The van der Waals surface area contributed by atoms with Crippen molar-refractivity contribution in [2.45, 2.75) is 52.5 Å². The van der Waals surface area contributed by atoms with Crippen molar-refractivity contribution in [2.75, 3.05) is 25.4 Å². The predicted molar refractivity (Wildman–Crippen MR) is 87.2 cm³/mol. The molecule has 0 aliphatic carbocycles. The van der Waals surface area contributed by atoms with Crippen LogP contribution in [0.2, 0.25) is 0 Å². The number of rotatable bonds is 7. The van der Waals surface area contributed by atoms with Crippen molar-refractivity contribution >= 4 is 21.9 Å². The van der Waals surface area contributed by atoms with Crippen LogP contribution in [-0.2, 0) is 24.3 Å². The Bertz CT molecular complexity index is 522. The van der Waals surface area contributed by atoms with E-state index in [1.165, 1.54) is 4.31 Å². The lowest BCUT2D eigenvalue weighted by Gasteiger charge is -2.30. The molecule has 1 heterocycles. The Morgan fingerprint density at radius 1 is 1.22 bits per heavy atom. The smallest absolute Gasteiger partial charge is 0.309 e. The summed E-state index contributed by atoms with van der Waals surface area (Å²) < 4.78 is 30.0. The molecule has 0 atom stereocenters. The van der Waals surface area contributed by atoms with Gasteiger partial charge >= 0.3 is 5.97 Å². The molecular weight excluding hydrogens is 320 g/mol. The van der Waals surface area contributed by atoms with Crippen LogP contribution in [0, 0.1) is 5.92 Å². The summed E-state index contributed by atoms with van der Waals surface area (Å²) in [5, 5.41) is 2.80. The Hall–Kier alpha value is -1.15. The first-order valence-corrected chi connectivity index (χ1v) is 9.67. The summed E-state index contributed by atoms with van der Waals surface area (Å²) >= 11 is 0. The lowest BCUT2D eigenvalue weighted by atomic mass is 9.98. The van der Waals surface area contributed by atoms with Crippen LogP contribution in [0.15, 0.2) is 0 Å². The molecule has 1 saturated heterocycles. The van der Waals surface area contributed by atoms with E-state index in [0.29, 0.717) is 25.9 Å². The fraction of sp³-hybridized carbons (Fsp3) is 0.867. The third-order valence-corrected chi connectivity index (χ3v) is 6.13. The molecule has 0 saturated carbocycles. The second-order valence-electron chi connectivity index (χ2n) is 6.47. The molecule has 0 bridgehead atoms. The van der Waals surface area contributed by atoms with Gasteiger partial charge in [-0.25, -0.2) is 12.7 Å². The monoisotopic (exact) mass is 348 g/mol. The van der Waals surface area contributed by atoms with Crippen molar-refractivity contribution in [3.05, 3.63) is 0 Å². The second kappa shape index (κ2) is 8.10. The van der Waals surface area contributed by atoms with Crippen LogP contribution in [0.4, 0.5) is 0 Å². The largest absolute Gasteiger partial charge is 0.455 e. The number of carbonyl (C=O) groups excluding carboxylic acids is 2. The molecule has 1 fully saturated rings. The summed E-state index contributed by atoms with van der Waals surface area (Å²) in [5.41, 5.74) is -0.330. The molecule has 1 N–H and O–H groups in total. The summed E-state index contributed by atoms with van der Waals surface area (Å²) in [6.07, 6.45) is 1.64. The van der Waals surface area contributed by atoms with Crippen LogP contribution in [0.1, 0.15) is 47.0 Å². The van der Waals surface area contributed by atoms with Gasteiger partial charge in [-0.3, -0.25) is 9.59 Å². The molecular formula is C15H28N2O5S. The molecule has 23 heavy (non-hydrogen) atoms. The Labute approximate surface area is 138 Å². The highest BCUT2D eigenvalue weighted by Crippen LogP contribution is 2.21. The Balaban J connectivity index is 2.39. The number of sulfonamides is 1. The molecule has 0 spiro atoms. The molecule has 0 unspecified atom stereocenters. The highest BCUT2D eigenvalue weighted by Gasteiger charge is 2.31. The maximum Gasteiger partial charge on any atom is 0.309 e. The number of nitrogens with one attached hydrogen (secondary N) is 1. The van der Waals surface area contributed by atoms with Crippen LogP contribution < -0.4 is 5.32 Å². The minimum Gasteiger partial charge on any atom is -0.455 e. The summed E-state index contributed by atoms with van der Waals surface area (Å²) in [6.45, 7) is 7.72. The second-order valence-corrected chi connectivity index (χ2v) is 8.72. The number of hydrogen-bond acceptors (Lipinski definition) is 5. The number of nitrogens with zero attached hydrogens (tertiary/aromatic N) is 1. The Morgan fingerprint density at radius 2 is 1.78 bits per heavy atom. The standard InChI is InChI=1S/C15H28N2O5S/c1-5-15(3,4)16-13(18)11-22-14(19)12-7-9-17(10-8-12)23(20,21)6-2/h12H,5-11H2,1-4H3,(H,16,18). The summed E-state index contributed by atoms with van der Waals surface area (Å²) in [4.78, 5) is 23.7. The number of carbonyl (C=O) groups is 2. The molecule has 1 aliphatic heterocycles. The molecule has 1 aliphatic rings. The van der Waals surface area contributed by atoms with Gasteiger partial charge in [0.15, 0.2) is 6.61 Å². The van der Waals surface area contributed by atoms with Gasteiger partial charge in [0.25, 0.3) is 5.91 Å². The van der Waals surface area contributed by atoms with E-state index >= 15 is 0 Å². The van der Waals surface area contributed by atoms with Crippen LogP contribution in [0.25, 0.3) is 0 Å². The molecule has 0 aromatic rings. The van der Waals surface area contributed by atoms with Crippen molar-refractivity contribution in [3.63, 3.8) is 0 Å². The van der Waals surface area contributed by atoms with Crippen molar-refractivity contribution in [1.29, 1.82) is 0 Å². The lowest BCUT2D eigenvalue weighted by Crippen LogP contribution is -2.45. The van der Waals surface area contributed by atoms with Crippen molar-refractivity contribution < 1.29 is 22.7 Å². The zero-order chi connectivity index (χ0) is 17.7. The molecule has 1 rings (SSSR count). The average molecular weight is 348 g/mol. The van der Waals surface area contributed by atoms with Gasteiger partial charge in [0, 0.05) is 18.6 Å². The van der Waals surface area contributed by atoms with Gasteiger partial charge in [0.1, 0.15) is 0 Å². The lowest BCUT2D eigenvalue weighted by molar-refractivity contribution is -0.154. The summed E-state index contributed by atoms with van der Waals surface area (Å²) in [5.74, 6) is -1.03. The zero-order valence-electron chi connectivity index (χ0n) is 14.4. The average Bonchev–Trinajstić information content (AvgIpc) is 2.52. The van der Waals surface area contributed by atoms with Crippen molar-refractivity contribution in [3.8, 4) is 0 Å². The summed E-state index contributed by atoms with van der Waals surface area (Å²) in [7, 11) is -3.20. The topological polar surface area (TPSA) is 92.8 Å². The third kappa shape index (κ3) is 6.10. The SMILES string of the molecule is CCC(C)(C)NC(=O)COC(=O)C1CCN(S(=O)(=O)CC)CC1. The minimum absolute atomic E-state index is 0.0650. The van der Waals surface area contributed by atoms with E-state index in [-0.39, 0.29) is 29.7 Å². The van der Waals surface area contributed by atoms with Gasteiger partial charge in [0.2, 0.25) is 10.0 Å². The van der Waals surface area contributed by atoms with E-state index in [0.717, 1.165) is 6.42 Å². The van der Waals surface area contributed by atoms with Crippen molar-refractivity contribution in [1.82, 2.24) is 9.62 Å². The first kappa shape index (κ1) is 19.9. The fourth-order valence-electron chi connectivity index (χ4n) is 2.31. The van der Waals surface area contributed by atoms with E-state index in [2.05, 4.69) is 5.32 Å². The van der Waals surface area contributed by atoms with Crippen LogP contribution in [0.3, 0.4) is 0 Å². The molecule has 0 aromatic carbocycles. The van der Waals surface area contributed by atoms with Gasteiger partial charge in [-0.1, -0.05) is 6.92 Å². The van der Waals surface area contributed by atoms with E-state index in [1.54, 1.807) is 6.92 Å². The molecule has 0 radical (unpaired) electrons. The summed E-state index contributed by atoms with van der Waals surface area (Å²) in [6, 6.07) is 0. The maximum atomic E-state index is 12.0. The zero-order valence-corrected chi connectivity index (χ0v) is 15.2. The highest BCUT2D eigenvalue weighted by molar-refractivity contribution is 7.89. The van der Waals surface area contributed by atoms with E-state index in [4.69, 9.17) is 4.74 Å². The third-order valence-electron chi connectivity index (χ3n) is 4.25. The van der Waals surface area contributed by atoms with E-state index in [9.17, 15) is 18.0 Å². The Kier molecular flexibility index (Phi) is 7.01. The van der Waals surface area contributed by atoms with Gasteiger partial charge in [-0.15, -0.1) is 0 Å². The van der Waals surface area contributed by atoms with E-state index in [1.807, 2.05) is 20.8 Å². The van der Waals surface area contributed by atoms with Gasteiger partial charge in [-0.05, 0) is 40.0 Å². The number of ether oxygens (including phenoxy) is 1. The van der Waals surface area contributed by atoms with Gasteiger partial charge in [0.05, 0.1) is 11.7 Å². The molecule has 1 amide bonds. The van der Waals surface area contributed by atoms with Crippen LogP contribution in [0.5, 0.6) is 0 Å². The molecule has 7 nitrogen and oxygen atoms in total. The maximum absolute atomic E-state index is 12.0. The van der Waals surface area contributed by atoms with Crippen LogP contribution in [-0.4, -0.2) is 55.6 Å². The quantitative estimate of drug-likeness (QED) is 0.690.